The predicted molar refractivity (Wildman–Crippen MR) is 97.6 cm³/mol. The van der Waals surface area contributed by atoms with Crippen molar-refractivity contribution < 1.29 is 14.3 Å². The van der Waals surface area contributed by atoms with E-state index in [2.05, 4.69) is 16.7 Å². The Labute approximate surface area is 152 Å². The van der Waals surface area contributed by atoms with Crippen molar-refractivity contribution in [2.75, 3.05) is 26.0 Å². The number of nitrogens with one attached hydrogen (secondary N) is 2. The van der Waals surface area contributed by atoms with Crippen LogP contribution in [0.2, 0.25) is 0 Å². The van der Waals surface area contributed by atoms with E-state index in [0.717, 1.165) is 5.56 Å². The number of carbonyl (C=O) groups is 2. The number of hydrogen-bond acceptors (Lipinski definition) is 5. The van der Waals surface area contributed by atoms with E-state index in [4.69, 9.17) is 10.00 Å². The van der Waals surface area contributed by atoms with Gasteiger partial charge < -0.3 is 10.1 Å². The SMILES string of the molecule is COc1ccc(NC(=O)NC(=O)CN(C)Cc2cccc(C#N)c2)cc1. The Balaban J connectivity index is 1.81. The summed E-state index contributed by atoms with van der Waals surface area (Å²) in [7, 11) is 3.32. The van der Waals surface area contributed by atoms with Crippen molar-refractivity contribution in [1.82, 2.24) is 10.2 Å². The van der Waals surface area contributed by atoms with E-state index in [1.807, 2.05) is 6.07 Å². The average molecular weight is 352 g/mol. The second kappa shape index (κ2) is 9.20. The molecule has 0 atom stereocenters. The van der Waals surface area contributed by atoms with E-state index in [9.17, 15) is 9.59 Å². The Hall–Kier alpha value is -3.37. The number of nitriles is 1. The summed E-state index contributed by atoms with van der Waals surface area (Å²) in [5, 5.41) is 13.8. The molecule has 0 aliphatic heterocycles. The number of amides is 3. The van der Waals surface area contributed by atoms with Crippen LogP contribution in [0.3, 0.4) is 0 Å². The van der Waals surface area contributed by atoms with Gasteiger partial charge in [0.1, 0.15) is 5.75 Å². The van der Waals surface area contributed by atoms with Crippen molar-refractivity contribution in [1.29, 1.82) is 5.26 Å². The van der Waals surface area contributed by atoms with E-state index in [1.54, 1.807) is 61.5 Å². The van der Waals surface area contributed by atoms with Crippen LogP contribution >= 0.6 is 0 Å². The summed E-state index contributed by atoms with van der Waals surface area (Å²) < 4.78 is 5.04. The average Bonchev–Trinajstić information content (AvgIpc) is 2.62. The van der Waals surface area contributed by atoms with Gasteiger partial charge in [0.2, 0.25) is 5.91 Å². The molecule has 7 nitrogen and oxygen atoms in total. The van der Waals surface area contributed by atoms with Gasteiger partial charge in [-0.3, -0.25) is 15.0 Å². The molecule has 0 saturated carbocycles. The first-order chi connectivity index (χ1) is 12.5. The van der Waals surface area contributed by atoms with Crippen LogP contribution in [0.4, 0.5) is 10.5 Å². The Kier molecular flexibility index (Phi) is 6.71. The van der Waals surface area contributed by atoms with Crippen molar-refractivity contribution in [2.45, 2.75) is 6.54 Å². The fourth-order valence-electron chi connectivity index (χ4n) is 2.35. The second-order valence-electron chi connectivity index (χ2n) is 5.72. The summed E-state index contributed by atoms with van der Waals surface area (Å²) >= 11 is 0. The number of benzene rings is 2. The third-order valence-electron chi connectivity index (χ3n) is 3.52. The van der Waals surface area contributed by atoms with Crippen LogP contribution in [0.15, 0.2) is 48.5 Å². The molecule has 7 heteroatoms. The minimum atomic E-state index is -0.597. The highest BCUT2D eigenvalue weighted by atomic mass is 16.5. The van der Waals surface area contributed by atoms with Crippen molar-refractivity contribution in [2.24, 2.45) is 0 Å². The molecule has 0 fully saturated rings. The minimum absolute atomic E-state index is 0.0484. The van der Waals surface area contributed by atoms with Gasteiger partial charge in [-0.25, -0.2) is 4.79 Å². The first-order valence-electron chi connectivity index (χ1n) is 7.92. The maximum absolute atomic E-state index is 12.0. The summed E-state index contributed by atoms with van der Waals surface area (Å²) in [4.78, 5) is 25.6. The smallest absolute Gasteiger partial charge is 0.325 e. The highest BCUT2D eigenvalue weighted by molar-refractivity contribution is 6.01. The quantitative estimate of drug-likeness (QED) is 0.832. The van der Waals surface area contributed by atoms with Gasteiger partial charge in [0.15, 0.2) is 0 Å². The number of rotatable bonds is 6. The van der Waals surface area contributed by atoms with Crippen LogP contribution in [-0.2, 0) is 11.3 Å². The Bertz CT molecular complexity index is 812. The fourth-order valence-corrected chi connectivity index (χ4v) is 2.35. The number of hydrogen-bond donors (Lipinski definition) is 2. The Morgan fingerprint density at radius 1 is 1.19 bits per heavy atom. The van der Waals surface area contributed by atoms with Crippen LogP contribution in [0.25, 0.3) is 0 Å². The van der Waals surface area contributed by atoms with Gasteiger partial charge in [-0.05, 0) is 49.0 Å². The van der Waals surface area contributed by atoms with Crippen molar-refractivity contribution in [3.8, 4) is 11.8 Å². The molecular weight excluding hydrogens is 332 g/mol. The Morgan fingerprint density at radius 2 is 1.92 bits per heavy atom. The van der Waals surface area contributed by atoms with Gasteiger partial charge in [0, 0.05) is 12.2 Å². The molecule has 26 heavy (non-hydrogen) atoms. The zero-order valence-corrected chi connectivity index (χ0v) is 14.7. The van der Waals surface area contributed by atoms with Gasteiger partial charge in [0.25, 0.3) is 0 Å². The third-order valence-corrected chi connectivity index (χ3v) is 3.52. The number of anilines is 1. The number of ether oxygens (including phenoxy) is 1. The normalized spacial score (nSPS) is 10.1. The molecular formula is C19H20N4O3. The molecule has 2 aromatic rings. The maximum Gasteiger partial charge on any atom is 0.325 e. The molecule has 2 rings (SSSR count). The monoisotopic (exact) mass is 352 g/mol. The predicted octanol–water partition coefficient (Wildman–Crippen LogP) is 2.35. The molecule has 0 heterocycles. The topological polar surface area (TPSA) is 94.5 Å². The molecule has 2 N–H and O–H groups in total. The van der Waals surface area contributed by atoms with Gasteiger partial charge in [-0.2, -0.15) is 5.26 Å². The largest absolute Gasteiger partial charge is 0.497 e. The molecule has 0 radical (unpaired) electrons. The summed E-state index contributed by atoms with van der Waals surface area (Å²) in [6, 6.07) is 15.4. The van der Waals surface area contributed by atoms with E-state index in [1.165, 1.54) is 0 Å². The standard InChI is InChI=1S/C19H20N4O3/c1-23(12-15-5-3-4-14(10-15)11-20)13-18(24)22-19(25)21-16-6-8-17(26-2)9-7-16/h3-10H,12-13H2,1-2H3,(H2,21,22,24,25). The molecule has 0 bridgehead atoms. The summed E-state index contributed by atoms with van der Waals surface area (Å²) in [5.41, 5.74) is 2.04. The molecule has 134 valence electrons. The summed E-state index contributed by atoms with van der Waals surface area (Å²) in [6.45, 7) is 0.538. The van der Waals surface area contributed by atoms with Crippen molar-refractivity contribution >= 4 is 17.6 Å². The van der Waals surface area contributed by atoms with Crippen LogP contribution in [-0.4, -0.2) is 37.5 Å². The molecule has 0 aromatic heterocycles. The van der Waals surface area contributed by atoms with Gasteiger partial charge in [-0.1, -0.05) is 12.1 Å². The fraction of sp³-hybridized carbons (Fsp3) is 0.211. The number of methoxy groups -OCH3 is 1. The van der Waals surface area contributed by atoms with Crippen LogP contribution in [0, 0.1) is 11.3 Å². The number of nitrogens with zero attached hydrogens (tertiary/aromatic N) is 2. The lowest BCUT2D eigenvalue weighted by Crippen LogP contribution is -2.40. The van der Waals surface area contributed by atoms with E-state index < -0.39 is 11.9 Å². The van der Waals surface area contributed by atoms with E-state index in [-0.39, 0.29) is 6.54 Å². The lowest BCUT2D eigenvalue weighted by Gasteiger charge is -2.16. The summed E-state index contributed by atoms with van der Waals surface area (Å²) in [6.07, 6.45) is 0. The zero-order chi connectivity index (χ0) is 18.9. The van der Waals surface area contributed by atoms with Crippen LogP contribution < -0.4 is 15.4 Å². The molecule has 0 unspecified atom stereocenters. The van der Waals surface area contributed by atoms with Gasteiger partial charge >= 0.3 is 6.03 Å². The molecule has 2 aromatic carbocycles. The lowest BCUT2D eigenvalue weighted by atomic mass is 10.1. The molecule has 3 amide bonds. The molecule has 0 aliphatic rings. The zero-order valence-electron chi connectivity index (χ0n) is 14.7. The van der Waals surface area contributed by atoms with Gasteiger partial charge in [0.05, 0.1) is 25.3 Å². The number of urea groups is 1. The number of likely N-dealkylation sites (N-methyl/N-ethyl adjacent to an activating group) is 1. The first-order valence-corrected chi connectivity index (χ1v) is 7.92. The van der Waals surface area contributed by atoms with Crippen LogP contribution in [0.5, 0.6) is 5.75 Å². The van der Waals surface area contributed by atoms with E-state index in [0.29, 0.717) is 23.5 Å². The van der Waals surface area contributed by atoms with Crippen molar-refractivity contribution in [3.63, 3.8) is 0 Å². The molecule has 0 saturated heterocycles. The molecule has 0 aliphatic carbocycles. The Morgan fingerprint density at radius 3 is 2.58 bits per heavy atom. The highest BCUT2D eigenvalue weighted by Crippen LogP contribution is 2.14. The van der Waals surface area contributed by atoms with Crippen molar-refractivity contribution in [3.05, 3.63) is 59.7 Å². The number of carbonyl (C=O) groups excluding carboxylic acids is 2. The maximum atomic E-state index is 12.0. The van der Waals surface area contributed by atoms with Crippen LogP contribution in [0.1, 0.15) is 11.1 Å². The summed E-state index contributed by atoms with van der Waals surface area (Å²) in [5.74, 6) is 0.254. The highest BCUT2D eigenvalue weighted by Gasteiger charge is 2.11. The minimum Gasteiger partial charge on any atom is -0.497 e. The lowest BCUT2D eigenvalue weighted by molar-refractivity contribution is -0.120. The second-order valence-corrected chi connectivity index (χ2v) is 5.72. The van der Waals surface area contributed by atoms with E-state index >= 15 is 0 Å². The van der Waals surface area contributed by atoms with Gasteiger partial charge in [-0.15, -0.1) is 0 Å². The third kappa shape index (κ3) is 5.92. The first kappa shape index (κ1) is 19.0. The molecule has 0 spiro atoms. The number of imide groups is 1.